The molecule has 2 amide bonds. The van der Waals surface area contributed by atoms with Gasteiger partial charge in [0.25, 0.3) is 0 Å². The van der Waals surface area contributed by atoms with E-state index in [-0.39, 0.29) is 29.9 Å². The molecule has 0 aromatic carbocycles. The van der Waals surface area contributed by atoms with Crippen molar-refractivity contribution in [3.63, 3.8) is 0 Å². The number of piperidine rings is 1. The van der Waals surface area contributed by atoms with Crippen molar-refractivity contribution in [3.05, 3.63) is 24.4 Å². The number of carbonyl (C=O) groups is 2. The molecule has 34 heavy (non-hydrogen) atoms. The number of carbonyl (C=O) groups excluding carboxylic acids is 2. The predicted molar refractivity (Wildman–Crippen MR) is 135 cm³/mol. The number of aromatic nitrogens is 1. The third-order valence-electron chi connectivity index (χ3n) is 6.60. The number of urea groups is 1. The third kappa shape index (κ3) is 8.15. The summed E-state index contributed by atoms with van der Waals surface area (Å²) in [5, 5.41) is 3.02. The number of rotatable bonds is 7. The number of likely N-dealkylation sites (tertiary alicyclic amines) is 1. The van der Waals surface area contributed by atoms with Crippen molar-refractivity contribution < 1.29 is 14.3 Å². The summed E-state index contributed by atoms with van der Waals surface area (Å²) in [7, 11) is 0. The first-order valence-electron chi connectivity index (χ1n) is 12.8. The van der Waals surface area contributed by atoms with Gasteiger partial charge in [0.1, 0.15) is 11.4 Å². The van der Waals surface area contributed by atoms with Crippen molar-refractivity contribution >= 4 is 17.8 Å². The summed E-state index contributed by atoms with van der Waals surface area (Å²) < 4.78 is 5.61. The molecular weight excluding hydrogens is 430 g/mol. The van der Waals surface area contributed by atoms with Crippen LogP contribution in [0.2, 0.25) is 0 Å². The Morgan fingerprint density at radius 3 is 2.47 bits per heavy atom. The molecule has 0 radical (unpaired) electrons. The molecule has 2 aliphatic heterocycles. The number of esters is 1. The number of piperazine rings is 1. The molecule has 8 nitrogen and oxygen atoms in total. The van der Waals surface area contributed by atoms with Crippen LogP contribution in [0.5, 0.6) is 0 Å². The number of hydrogen-bond acceptors (Lipinski definition) is 6. The van der Waals surface area contributed by atoms with E-state index < -0.39 is 5.60 Å². The molecule has 2 fully saturated rings. The van der Waals surface area contributed by atoms with Gasteiger partial charge in [-0.15, -0.1) is 0 Å². The second kappa shape index (κ2) is 11.9. The summed E-state index contributed by atoms with van der Waals surface area (Å²) in [5.74, 6) is 1.44. The van der Waals surface area contributed by atoms with E-state index in [1.54, 1.807) is 0 Å². The quantitative estimate of drug-likeness (QED) is 0.612. The topological polar surface area (TPSA) is 78.0 Å². The molecule has 1 aromatic heterocycles. The lowest BCUT2D eigenvalue weighted by Crippen LogP contribution is -2.51. The summed E-state index contributed by atoms with van der Waals surface area (Å²) in [4.78, 5) is 36.5. The molecule has 0 bridgehead atoms. The smallest absolute Gasteiger partial charge is 0.317 e. The Morgan fingerprint density at radius 1 is 1.12 bits per heavy atom. The minimum atomic E-state index is -0.474. The van der Waals surface area contributed by atoms with Gasteiger partial charge in [-0.1, -0.05) is 6.07 Å². The fraction of sp³-hybridized carbons (Fsp3) is 0.731. The standard InChI is InChI=1S/C26H43N5O3/c1-20(2)28-25(33)31-13-10-21(18-24(32)34-26(3,4)5)22(19-31)9-12-29-14-16-30(17-15-29)23-8-6-7-11-27-23/h6-8,11,20-22H,9-10,12-19H2,1-5H3,(H,28,33). The Hall–Kier alpha value is -2.35. The molecule has 0 aliphatic carbocycles. The van der Waals surface area contributed by atoms with Gasteiger partial charge < -0.3 is 19.9 Å². The zero-order valence-corrected chi connectivity index (χ0v) is 21.6. The summed E-state index contributed by atoms with van der Waals surface area (Å²) in [5.41, 5.74) is -0.474. The van der Waals surface area contributed by atoms with E-state index in [2.05, 4.69) is 26.2 Å². The predicted octanol–water partition coefficient (Wildman–Crippen LogP) is 3.38. The van der Waals surface area contributed by atoms with E-state index in [0.717, 1.165) is 51.4 Å². The third-order valence-corrected chi connectivity index (χ3v) is 6.60. The number of anilines is 1. The number of ether oxygens (including phenoxy) is 1. The molecule has 8 heteroatoms. The zero-order chi connectivity index (χ0) is 24.7. The second-order valence-electron chi connectivity index (χ2n) is 11.0. The van der Waals surface area contributed by atoms with E-state index in [0.29, 0.717) is 19.5 Å². The lowest BCUT2D eigenvalue weighted by Gasteiger charge is -2.41. The van der Waals surface area contributed by atoms with Crippen LogP contribution in [0, 0.1) is 11.8 Å². The van der Waals surface area contributed by atoms with Crippen molar-refractivity contribution in [2.24, 2.45) is 11.8 Å². The van der Waals surface area contributed by atoms with Crippen LogP contribution in [0.15, 0.2) is 24.4 Å². The fourth-order valence-corrected chi connectivity index (χ4v) is 4.89. The van der Waals surface area contributed by atoms with Crippen LogP contribution in [0.1, 0.15) is 53.9 Å². The molecule has 0 saturated carbocycles. The number of amides is 2. The average molecular weight is 474 g/mol. The summed E-state index contributed by atoms with van der Waals surface area (Å²) >= 11 is 0. The first-order chi connectivity index (χ1) is 16.1. The minimum Gasteiger partial charge on any atom is -0.460 e. The van der Waals surface area contributed by atoms with Crippen LogP contribution < -0.4 is 10.2 Å². The lowest BCUT2D eigenvalue weighted by molar-refractivity contribution is -0.156. The Balaban J connectivity index is 1.56. The Morgan fingerprint density at radius 2 is 1.85 bits per heavy atom. The first kappa shape index (κ1) is 26.3. The van der Waals surface area contributed by atoms with E-state index in [1.807, 2.05) is 57.8 Å². The molecule has 2 unspecified atom stereocenters. The van der Waals surface area contributed by atoms with E-state index in [4.69, 9.17) is 4.74 Å². The van der Waals surface area contributed by atoms with Crippen molar-refractivity contribution in [2.45, 2.75) is 65.5 Å². The Kier molecular flexibility index (Phi) is 9.17. The van der Waals surface area contributed by atoms with Gasteiger partial charge in [0.05, 0.1) is 0 Å². The summed E-state index contributed by atoms with van der Waals surface area (Å²) in [6.45, 7) is 16.0. The van der Waals surface area contributed by atoms with Gasteiger partial charge in [0, 0.05) is 57.9 Å². The molecule has 190 valence electrons. The molecule has 2 atom stereocenters. The molecule has 2 saturated heterocycles. The van der Waals surface area contributed by atoms with Crippen molar-refractivity contribution in [2.75, 3.05) is 50.7 Å². The fourth-order valence-electron chi connectivity index (χ4n) is 4.89. The highest BCUT2D eigenvalue weighted by Gasteiger charge is 2.34. The molecule has 3 rings (SSSR count). The minimum absolute atomic E-state index is 0.000284. The molecule has 3 heterocycles. The van der Waals surface area contributed by atoms with Crippen LogP contribution in [0.3, 0.4) is 0 Å². The SMILES string of the molecule is CC(C)NC(=O)N1CCC(CC(=O)OC(C)(C)C)C(CCN2CCN(c3ccccn3)CC2)C1. The van der Waals surface area contributed by atoms with Gasteiger partial charge >= 0.3 is 12.0 Å². The molecule has 2 aliphatic rings. The summed E-state index contributed by atoms with van der Waals surface area (Å²) in [6.07, 6.45) is 4.08. The maximum Gasteiger partial charge on any atom is 0.317 e. The first-order valence-corrected chi connectivity index (χ1v) is 12.8. The normalized spacial score (nSPS) is 22.1. The van der Waals surface area contributed by atoms with Crippen LogP contribution in [0.25, 0.3) is 0 Å². The van der Waals surface area contributed by atoms with Crippen molar-refractivity contribution in [1.82, 2.24) is 20.1 Å². The largest absolute Gasteiger partial charge is 0.460 e. The van der Waals surface area contributed by atoms with Gasteiger partial charge in [-0.05, 0) is 78.0 Å². The maximum absolute atomic E-state index is 12.6. The summed E-state index contributed by atoms with van der Waals surface area (Å²) in [6, 6.07) is 6.16. The maximum atomic E-state index is 12.6. The number of nitrogens with zero attached hydrogens (tertiary/aromatic N) is 4. The molecule has 1 aromatic rings. The second-order valence-corrected chi connectivity index (χ2v) is 11.0. The Bertz CT molecular complexity index is 787. The number of nitrogens with one attached hydrogen (secondary N) is 1. The monoisotopic (exact) mass is 473 g/mol. The highest BCUT2D eigenvalue weighted by molar-refractivity contribution is 5.74. The van der Waals surface area contributed by atoms with Crippen LogP contribution in [-0.4, -0.2) is 84.2 Å². The number of pyridine rings is 1. The average Bonchev–Trinajstić information content (AvgIpc) is 2.77. The molecular formula is C26H43N5O3. The van der Waals surface area contributed by atoms with E-state index >= 15 is 0 Å². The van der Waals surface area contributed by atoms with Gasteiger partial charge in [-0.2, -0.15) is 0 Å². The highest BCUT2D eigenvalue weighted by Crippen LogP contribution is 2.31. The van der Waals surface area contributed by atoms with E-state index in [1.165, 1.54) is 0 Å². The van der Waals surface area contributed by atoms with Gasteiger partial charge in [-0.3, -0.25) is 9.69 Å². The lowest BCUT2D eigenvalue weighted by atomic mass is 9.81. The van der Waals surface area contributed by atoms with Crippen LogP contribution in [-0.2, 0) is 9.53 Å². The van der Waals surface area contributed by atoms with Gasteiger partial charge in [0.2, 0.25) is 0 Å². The van der Waals surface area contributed by atoms with Gasteiger partial charge in [0.15, 0.2) is 0 Å². The van der Waals surface area contributed by atoms with Crippen LogP contribution >= 0.6 is 0 Å². The molecule has 0 spiro atoms. The van der Waals surface area contributed by atoms with Crippen molar-refractivity contribution in [1.29, 1.82) is 0 Å². The van der Waals surface area contributed by atoms with Gasteiger partial charge in [-0.25, -0.2) is 9.78 Å². The Labute approximate surface area is 205 Å². The zero-order valence-electron chi connectivity index (χ0n) is 21.6. The number of hydrogen-bond donors (Lipinski definition) is 1. The van der Waals surface area contributed by atoms with E-state index in [9.17, 15) is 9.59 Å². The highest BCUT2D eigenvalue weighted by atomic mass is 16.6. The van der Waals surface area contributed by atoms with Crippen molar-refractivity contribution in [3.8, 4) is 0 Å². The van der Waals surface area contributed by atoms with Crippen LogP contribution in [0.4, 0.5) is 10.6 Å². The molecule has 1 N–H and O–H groups in total.